The van der Waals surface area contributed by atoms with Crippen LogP contribution in [0.3, 0.4) is 0 Å². The van der Waals surface area contributed by atoms with Gasteiger partial charge in [-0.15, -0.1) is 0 Å². The van der Waals surface area contributed by atoms with Crippen LogP contribution in [0.5, 0.6) is 0 Å². The van der Waals surface area contributed by atoms with Crippen molar-refractivity contribution >= 4 is 11.8 Å². The van der Waals surface area contributed by atoms with Crippen LogP contribution < -0.4 is 5.32 Å². The first kappa shape index (κ1) is 9.73. The molecule has 15 heavy (non-hydrogen) atoms. The van der Waals surface area contributed by atoms with Crippen molar-refractivity contribution < 1.29 is 0 Å². The van der Waals surface area contributed by atoms with Crippen molar-refractivity contribution in [2.75, 3.05) is 18.1 Å². The second-order valence-corrected chi connectivity index (χ2v) is 5.56. The quantitative estimate of drug-likeness (QED) is 0.761. The molecule has 3 nitrogen and oxygen atoms in total. The number of nitrogens with one attached hydrogen (secondary N) is 2. The van der Waals surface area contributed by atoms with E-state index >= 15 is 0 Å². The van der Waals surface area contributed by atoms with E-state index in [1.165, 1.54) is 41.3 Å². The number of thioether (sulfide) groups is 1. The molecule has 0 saturated carbocycles. The van der Waals surface area contributed by atoms with Gasteiger partial charge >= 0.3 is 0 Å². The average Bonchev–Trinajstić information content (AvgIpc) is 2.74. The Morgan fingerprint density at radius 3 is 3.27 bits per heavy atom. The molecule has 0 spiro atoms. The second kappa shape index (κ2) is 4.18. The molecule has 0 bridgehead atoms. The molecule has 0 aliphatic carbocycles. The Balaban J connectivity index is 1.87. The van der Waals surface area contributed by atoms with E-state index in [4.69, 9.17) is 0 Å². The summed E-state index contributed by atoms with van der Waals surface area (Å²) in [6.45, 7) is 2.11. The Bertz CT molecular complexity index is 342. The molecule has 2 aliphatic heterocycles. The Kier molecular flexibility index (Phi) is 2.71. The van der Waals surface area contributed by atoms with E-state index in [0.29, 0.717) is 5.92 Å². The summed E-state index contributed by atoms with van der Waals surface area (Å²) < 4.78 is 0. The lowest BCUT2D eigenvalue weighted by Crippen LogP contribution is -2.24. The highest BCUT2D eigenvalue weighted by atomic mass is 32.2. The monoisotopic (exact) mass is 223 g/mol. The molecule has 3 rings (SSSR count). The van der Waals surface area contributed by atoms with Crippen molar-refractivity contribution in [2.45, 2.75) is 31.7 Å². The van der Waals surface area contributed by atoms with E-state index in [2.05, 4.69) is 27.3 Å². The molecule has 0 amide bonds. The summed E-state index contributed by atoms with van der Waals surface area (Å²) in [5.41, 5.74) is 4.19. The van der Waals surface area contributed by atoms with Crippen molar-refractivity contribution in [1.82, 2.24) is 15.5 Å². The lowest BCUT2D eigenvalue weighted by molar-refractivity contribution is 0.609. The smallest absolute Gasteiger partial charge is 0.0709 e. The minimum absolute atomic E-state index is 0.698. The molecule has 1 saturated heterocycles. The van der Waals surface area contributed by atoms with Gasteiger partial charge in [-0.25, -0.2) is 0 Å². The third kappa shape index (κ3) is 1.81. The molecule has 0 radical (unpaired) electrons. The Labute approximate surface area is 94.4 Å². The van der Waals surface area contributed by atoms with Gasteiger partial charge in [-0.2, -0.15) is 16.9 Å². The maximum Gasteiger partial charge on any atom is 0.0709 e. The summed E-state index contributed by atoms with van der Waals surface area (Å²) in [5, 5.41) is 11.2. The first-order chi connectivity index (χ1) is 7.45. The highest BCUT2D eigenvalue weighted by Crippen LogP contribution is 2.33. The van der Waals surface area contributed by atoms with Gasteiger partial charge in [0.2, 0.25) is 0 Å². The highest BCUT2D eigenvalue weighted by Gasteiger charge is 2.24. The fourth-order valence-electron chi connectivity index (χ4n) is 2.54. The lowest BCUT2D eigenvalue weighted by Gasteiger charge is -2.22. The van der Waals surface area contributed by atoms with Gasteiger partial charge in [0.1, 0.15) is 0 Å². The zero-order valence-electron chi connectivity index (χ0n) is 8.88. The van der Waals surface area contributed by atoms with E-state index in [9.17, 15) is 0 Å². The Morgan fingerprint density at radius 2 is 2.40 bits per heavy atom. The standard InChI is InChI=1S/C11H17N3S/c1-2-8(7-15-5-1)11-9-6-12-4-3-10(9)13-14-11/h8,12H,1-7H2,(H,13,14). The number of rotatable bonds is 1. The van der Waals surface area contributed by atoms with Crippen molar-refractivity contribution in [3.63, 3.8) is 0 Å². The fraction of sp³-hybridized carbons (Fsp3) is 0.727. The first-order valence-electron chi connectivity index (χ1n) is 5.79. The van der Waals surface area contributed by atoms with Crippen LogP contribution in [-0.2, 0) is 13.0 Å². The van der Waals surface area contributed by atoms with E-state index < -0.39 is 0 Å². The fourth-order valence-corrected chi connectivity index (χ4v) is 3.69. The maximum atomic E-state index is 4.54. The van der Waals surface area contributed by atoms with Crippen LogP contribution >= 0.6 is 11.8 Å². The summed E-state index contributed by atoms with van der Waals surface area (Å²) in [5.74, 6) is 3.29. The third-order valence-electron chi connectivity index (χ3n) is 3.39. The van der Waals surface area contributed by atoms with Gasteiger partial charge in [0, 0.05) is 42.4 Å². The number of aromatic nitrogens is 2. The molecule has 1 unspecified atom stereocenters. The zero-order chi connectivity index (χ0) is 10.1. The minimum Gasteiger partial charge on any atom is -0.312 e. The van der Waals surface area contributed by atoms with Crippen LogP contribution in [0.4, 0.5) is 0 Å². The van der Waals surface area contributed by atoms with Crippen LogP contribution in [0, 0.1) is 0 Å². The van der Waals surface area contributed by atoms with E-state index in [0.717, 1.165) is 19.5 Å². The summed E-state index contributed by atoms with van der Waals surface area (Å²) in [6.07, 6.45) is 3.79. The van der Waals surface area contributed by atoms with Crippen LogP contribution in [0.2, 0.25) is 0 Å². The largest absolute Gasteiger partial charge is 0.312 e. The predicted octanol–water partition coefficient (Wildman–Crippen LogP) is 1.67. The Hall–Kier alpha value is -0.480. The molecule has 2 N–H and O–H groups in total. The summed E-state index contributed by atoms with van der Waals surface area (Å²) in [6, 6.07) is 0. The van der Waals surface area contributed by atoms with Crippen LogP contribution in [-0.4, -0.2) is 28.2 Å². The van der Waals surface area contributed by atoms with Gasteiger partial charge in [-0.05, 0) is 18.6 Å². The molecule has 82 valence electrons. The first-order valence-corrected chi connectivity index (χ1v) is 6.95. The topological polar surface area (TPSA) is 40.7 Å². The van der Waals surface area contributed by atoms with Gasteiger partial charge in [0.05, 0.1) is 5.69 Å². The van der Waals surface area contributed by atoms with Gasteiger partial charge in [-0.3, -0.25) is 5.10 Å². The van der Waals surface area contributed by atoms with Crippen molar-refractivity contribution in [3.8, 4) is 0 Å². The zero-order valence-corrected chi connectivity index (χ0v) is 9.70. The van der Waals surface area contributed by atoms with Crippen molar-refractivity contribution in [1.29, 1.82) is 0 Å². The molecule has 2 aliphatic rings. The maximum absolute atomic E-state index is 4.54. The minimum atomic E-state index is 0.698. The van der Waals surface area contributed by atoms with E-state index in [1.54, 1.807) is 0 Å². The van der Waals surface area contributed by atoms with Crippen LogP contribution in [0.1, 0.15) is 35.7 Å². The molecule has 4 heteroatoms. The van der Waals surface area contributed by atoms with E-state index in [-0.39, 0.29) is 0 Å². The summed E-state index contributed by atoms with van der Waals surface area (Å²) in [7, 11) is 0. The van der Waals surface area contributed by atoms with Gasteiger partial charge < -0.3 is 5.32 Å². The summed E-state index contributed by atoms with van der Waals surface area (Å²) in [4.78, 5) is 0. The Morgan fingerprint density at radius 1 is 1.40 bits per heavy atom. The van der Waals surface area contributed by atoms with Crippen LogP contribution in [0.15, 0.2) is 0 Å². The van der Waals surface area contributed by atoms with Gasteiger partial charge in [0.15, 0.2) is 0 Å². The molecular formula is C11H17N3S. The average molecular weight is 223 g/mol. The number of nitrogens with zero attached hydrogens (tertiary/aromatic N) is 1. The normalized spacial score (nSPS) is 26.3. The van der Waals surface area contributed by atoms with E-state index in [1.807, 2.05) is 0 Å². The number of fused-ring (bicyclic) bond motifs is 1. The molecule has 1 atom stereocenters. The second-order valence-electron chi connectivity index (χ2n) is 4.41. The van der Waals surface area contributed by atoms with Gasteiger partial charge in [-0.1, -0.05) is 0 Å². The summed E-state index contributed by atoms with van der Waals surface area (Å²) >= 11 is 2.08. The molecule has 3 heterocycles. The highest BCUT2D eigenvalue weighted by molar-refractivity contribution is 7.99. The van der Waals surface area contributed by atoms with Crippen molar-refractivity contribution in [3.05, 3.63) is 17.0 Å². The third-order valence-corrected chi connectivity index (χ3v) is 4.60. The SMILES string of the molecule is C1CSCC(c2n[nH]c3c2CNCC3)C1. The number of H-pyrrole nitrogens is 1. The molecule has 1 aromatic heterocycles. The number of aromatic amines is 1. The molecule has 1 fully saturated rings. The van der Waals surface area contributed by atoms with Gasteiger partial charge in [0.25, 0.3) is 0 Å². The molecule has 0 aromatic carbocycles. The number of hydrogen-bond donors (Lipinski definition) is 2. The number of hydrogen-bond acceptors (Lipinski definition) is 3. The van der Waals surface area contributed by atoms with Crippen molar-refractivity contribution in [2.24, 2.45) is 0 Å². The lowest BCUT2D eigenvalue weighted by atomic mass is 9.95. The predicted molar refractivity (Wildman–Crippen MR) is 63.3 cm³/mol. The molecule has 1 aromatic rings. The van der Waals surface area contributed by atoms with Crippen LogP contribution in [0.25, 0.3) is 0 Å². The molecular weight excluding hydrogens is 206 g/mol.